The third-order valence-corrected chi connectivity index (χ3v) is 3.63. The molecule has 0 aromatic carbocycles. The number of allylic oxidation sites excluding steroid dienone is 2. The summed E-state index contributed by atoms with van der Waals surface area (Å²) in [6.07, 6.45) is 3.06. The summed E-state index contributed by atoms with van der Waals surface area (Å²) in [6, 6.07) is 0. The minimum absolute atomic E-state index is 0.0181. The SMILES string of the molecule is C=C1C=C2C3=C(CC(C)(C)CC3=O)OC2C(=C)N1. The Balaban J connectivity index is 2.08. The zero-order valence-corrected chi connectivity index (χ0v) is 10.8. The van der Waals surface area contributed by atoms with Gasteiger partial charge in [-0.25, -0.2) is 0 Å². The second kappa shape index (κ2) is 3.37. The molecule has 1 aliphatic carbocycles. The first-order valence-electron chi connectivity index (χ1n) is 6.17. The summed E-state index contributed by atoms with van der Waals surface area (Å²) < 4.78 is 5.92. The maximum atomic E-state index is 12.3. The van der Waals surface area contributed by atoms with E-state index in [0.717, 1.165) is 34.7 Å². The van der Waals surface area contributed by atoms with E-state index in [0.29, 0.717) is 6.42 Å². The van der Waals surface area contributed by atoms with Gasteiger partial charge in [0.25, 0.3) is 0 Å². The first-order chi connectivity index (χ1) is 8.37. The van der Waals surface area contributed by atoms with E-state index >= 15 is 0 Å². The Hall–Kier alpha value is -1.77. The van der Waals surface area contributed by atoms with Crippen molar-refractivity contribution in [3.05, 3.63) is 47.5 Å². The zero-order valence-electron chi connectivity index (χ0n) is 10.8. The van der Waals surface area contributed by atoms with Crippen molar-refractivity contribution in [2.75, 3.05) is 0 Å². The average molecular weight is 243 g/mol. The lowest BCUT2D eigenvalue weighted by Crippen LogP contribution is -2.29. The van der Waals surface area contributed by atoms with Gasteiger partial charge in [-0.1, -0.05) is 27.0 Å². The molecule has 1 unspecified atom stereocenters. The summed E-state index contributed by atoms with van der Waals surface area (Å²) in [6.45, 7) is 12.0. The van der Waals surface area contributed by atoms with Gasteiger partial charge in [0.05, 0.1) is 11.3 Å². The van der Waals surface area contributed by atoms with E-state index in [-0.39, 0.29) is 17.3 Å². The van der Waals surface area contributed by atoms with Crippen LogP contribution in [0, 0.1) is 5.41 Å². The average Bonchev–Trinajstić information content (AvgIpc) is 2.54. The van der Waals surface area contributed by atoms with E-state index in [9.17, 15) is 4.79 Å². The second-order valence-corrected chi connectivity index (χ2v) is 6.01. The summed E-state index contributed by atoms with van der Waals surface area (Å²) in [4.78, 5) is 12.3. The molecule has 18 heavy (non-hydrogen) atoms. The molecule has 0 amide bonds. The number of Topliss-reactive ketones (excluding diaryl/α,β-unsaturated/α-hetero) is 1. The van der Waals surface area contributed by atoms with Crippen LogP contribution in [-0.4, -0.2) is 11.9 Å². The molecule has 2 aliphatic heterocycles. The molecule has 3 aliphatic rings. The fourth-order valence-corrected chi connectivity index (χ4v) is 2.93. The molecule has 0 bridgehead atoms. The number of ketones is 1. The summed E-state index contributed by atoms with van der Waals surface area (Å²) in [5.74, 6) is 1.00. The Bertz CT molecular complexity index is 549. The Morgan fingerprint density at radius 3 is 2.83 bits per heavy atom. The lowest BCUT2D eigenvalue weighted by atomic mass is 9.75. The van der Waals surface area contributed by atoms with Crippen LogP contribution in [0.2, 0.25) is 0 Å². The molecule has 3 rings (SSSR count). The lowest BCUT2D eigenvalue weighted by Gasteiger charge is -2.28. The zero-order chi connectivity index (χ0) is 13.1. The number of nitrogens with one attached hydrogen (secondary N) is 1. The standard InChI is InChI=1S/C15H17NO2/c1-8-5-10-13-11(17)6-15(3,4)7-12(13)18-14(10)9(2)16-8/h5,14,16H,1-2,6-7H2,3-4H3. The van der Waals surface area contributed by atoms with Crippen LogP contribution >= 0.6 is 0 Å². The van der Waals surface area contributed by atoms with Crippen molar-refractivity contribution in [1.82, 2.24) is 5.32 Å². The Kier molecular flexibility index (Phi) is 2.12. The Labute approximate surface area is 107 Å². The van der Waals surface area contributed by atoms with Gasteiger partial charge in [-0.2, -0.15) is 0 Å². The van der Waals surface area contributed by atoms with Gasteiger partial charge in [-0.15, -0.1) is 0 Å². The molecule has 0 aromatic rings. The minimum atomic E-state index is -0.224. The van der Waals surface area contributed by atoms with Crippen LogP contribution in [0.3, 0.4) is 0 Å². The highest BCUT2D eigenvalue weighted by molar-refractivity contribution is 6.02. The van der Waals surface area contributed by atoms with E-state index < -0.39 is 0 Å². The van der Waals surface area contributed by atoms with E-state index in [1.807, 2.05) is 6.08 Å². The van der Waals surface area contributed by atoms with Gasteiger partial charge in [-0.05, 0) is 11.5 Å². The molecule has 0 spiro atoms. The van der Waals surface area contributed by atoms with Crippen molar-refractivity contribution < 1.29 is 9.53 Å². The largest absolute Gasteiger partial charge is 0.483 e. The van der Waals surface area contributed by atoms with Gasteiger partial charge in [0, 0.05) is 24.1 Å². The molecule has 2 heterocycles. The van der Waals surface area contributed by atoms with E-state index in [4.69, 9.17) is 4.74 Å². The predicted molar refractivity (Wildman–Crippen MR) is 69.4 cm³/mol. The van der Waals surface area contributed by atoms with E-state index in [2.05, 4.69) is 32.3 Å². The molecule has 3 heteroatoms. The van der Waals surface area contributed by atoms with Crippen molar-refractivity contribution in [2.45, 2.75) is 32.8 Å². The van der Waals surface area contributed by atoms with Crippen LogP contribution in [-0.2, 0) is 9.53 Å². The minimum Gasteiger partial charge on any atom is -0.483 e. The first kappa shape index (κ1) is 11.3. The molecular weight excluding hydrogens is 226 g/mol. The van der Waals surface area contributed by atoms with Crippen molar-refractivity contribution >= 4 is 5.78 Å². The molecule has 0 saturated heterocycles. The number of rotatable bonds is 0. The van der Waals surface area contributed by atoms with Crippen molar-refractivity contribution in [1.29, 1.82) is 0 Å². The molecular formula is C15H17NO2. The fourth-order valence-electron chi connectivity index (χ4n) is 2.93. The van der Waals surface area contributed by atoms with Gasteiger partial charge in [0.15, 0.2) is 11.9 Å². The molecule has 1 N–H and O–H groups in total. The van der Waals surface area contributed by atoms with Gasteiger partial charge in [0.2, 0.25) is 0 Å². The van der Waals surface area contributed by atoms with E-state index in [1.165, 1.54) is 0 Å². The molecule has 0 fully saturated rings. The van der Waals surface area contributed by atoms with Gasteiger partial charge >= 0.3 is 0 Å². The number of ether oxygens (including phenoxy) is 1. The van der Waals surface area contributed by atoms with Crippen LogP contribution in [0.25, 0.3) is 0 Å². The molecule has 0 radical (unpaired) electrons. The predicted octanol–water partition coefficient (Wildman–Crippen LogP) is 2.59. The topological polar surface area (TPSA) is 38.3 Å². The highest BCUT2D eigenvalue weighted by Crippen LogP contribution is 2.47. The van der Waals surface area contributed by atoms with Crippen molar-refractivity contribution in [2.24, 2.45) is 5.41 Å². The summed E-state index contributed by atoms with van der Waals surface area (Å²) in [7, 11) is 0. The maximum absolute atomic E-state index is 12.3. The second-order valence-electron chi connectivity index (χ2n) is 6.01. The summed E-state index contributed by atoms with van der Waals surface area (Å²) in [5, 5.41) is 3.07. The van der Waals surface area contributed by atoms with Gasteiger partial charge in [-0.3, -0.25) is 4.79 Å². The van der Waals surface area contributed by atoms with Crippen LogP contribution < -0.4 is 5.32 Å². The number of carbonyl (C=O) groups excluding carboxylic acids is 1. The molecule has 0 saturated carbocycles. The van der Waals surface area contributed by atoms with Gasteiger partial charge in [0.1, 0.15) is 5.76 Å². The summed E-state index contributed by atoms with van der Waals surface area (Å²) >= 11 is 0. The number of hydrogen-bond acceptors (Lipinski definition) is 3. The molecule has 1 atom stereocenters. The lowest BCUT2D eigenvalue weighted by molar-refractivity contribution is -0.118. The van der Waals surface area contributed by atoms with Crippen molar-refractivity contribution in [3.8, 4) is 0 Å². The first-order valence-corrected chi connectivity index (χ1v) is 6.17. The van der Waals surface area contributed by atoms with Gasteiger partial charge < -0.3 is 10.1 Å². The number of hydrogen-bond donors (Lipinski definition) is 1. The van der Waals surface area contributed by atoms with Crippen molar-refractivity contribution in [3.63, 3.8) is 0 Å². The third-order valence-electron chi connectivity index (χ3n) is 3.63. The maximum Gasteiger partial charge on any atom is 0.167 e. The Morgan fingerprint density at radius 2 is 2.11 bits per heavy atom. The number of carbonyl (C=O) groups is 1. The molecule has 3 nitrogen and oxygen atoms in total. The quantitative estimate of drug-likeness (QED) is 0.710. The molecule has 94 valence electrons. The number of fused-ring (bicyclic) bond motifs is 2. The van der Waals surface area contributed by atoms with Crippen LogP contribution in [0.15, 0.2) is 47.5 Å². The summed E-state index contributed by atoms with van der Waals surface area (Å²) in [5.41, 5.74) is 3.21. The van der Waals surface area contributed by atoms with E-state index in [1.54, 1.807) is 0 Å². The van der Waals surface area contributed by atoms with Crippen LogP contribution in [0.5, 0.6) is 0 Å². The fraction of sp³-hybridized carbons (Fsp3) is 0.400. The van der Waals surface area contributed by atoms with Crippen LogP contribution in [0.4, 0.5) is 0 Å². The normalized spacial score (nSPS) is 29.3. The monoisotopic (exact) mass is 243 g/mol. The highest BCUT2D eigenvalue weighted by Gasteiger charge is 2.44. The highest BCUT2D eigenvalue weighted by atomic mass is 16.5. The smallest absolute Gasteiger partial charge is 0.167 e. The Morgan fingerprint density at radius 1 is 1.39 bits per heavy atom. The van der Waals surface area contributed by atoms with Crippen LogP contribution in [0.1, 0.15) is 26.7 Å². The molecule has 0 aromatic heterocycles. The third kappa shape index (κ3) is 1.54.